The van der Waals surface area contributed by atoms with Crippen LogP contribution >= 0.6 is 11.6 Å². The molecule has 0 aliphatic heterocycles. The van der Waals surface area contributed by atoms with Crippen LogP contribution in [0.25, 0.3) is 0 Å². The maximum Gasteiger partial charge on any atom is 0.251 e. The number of hydrogen-bond acceptors (Lipinski definition) is 2. The van der Waals surface area contributed by atoms with Crippen LogP contribution in [0.15, 0.2) is 18.2 Å². The number of carbonyl (C=O) groups is 1. The van der Waals surface area contributed by atoms with Crippen molar-refractivity contribution >= 4 is 17.5 Å². The second kappa shape index (κ2) is 6.60. The van der Waals surface area contributed by atoms with E-state index in [0.29, 0.717) is 22.6 Å². The normalized spacial score (nSPS) is 10.6. The predicted molar refractivity (Wildman–Crippen MR) is 77.3 cm³/mol. The Hall–Kier alpha value is -1.50. The number of halogens is 1. The highest BCUT2D eigenvalue weighted by Crippen LogP contribution is 2.17. The summed E-state index contributed by atoms with van der Waals surface area (Å²) in [5.74, 6) is 5.49. The molecule has 4 heteroatoms. The largest absolute Gasteiger partial charge is 0.395 e. The first-order valence-corrected chi connectivity index (χ1v) is 6.43. The Morgan fingerprint density at radius 2 is 2.11 bits per heavy atom. The fraction of sp³-hybridized carbons (Fsp3) is 0.400. The van der Waals surface area contributed by atoms with Crippen LogP contribution in [0.5, 0.6) is 0 Å². The molecule has 0 spiro atoms. The summed E-state index contributed by atoms with van der Waals surface area (Å²) in [5, 5.41) is 12.0. The topological polar surface area (TPSA) is 49.3 Å². The lowest BCUT2D eigenvalue weighted by Crippen LogP contribution is -2.40. The summed E-state index contributed by atoms with van der Waals surface area (Å²) in [4.78, 5) is 11.9. The molecular weight excluding hydrogens is 262 g/mol. The zero-order chi connectivity index (χ0) is 14.5. The molecule has 3 nitrogen and oxygen atoms in total. The van der Waals surface area contributed by atoms with E-state index in [-0.39, 0.29) is 18.1 Å². The molecule has 0 aliphatic carbocycles. The molecular formula is C15H18ClNO2. The molecule has 19 heavy (non-hydrogen) atoms. The fourth-order valence-corrected chi connectivity index (χ4v) is 1.61. The highest BCUT2D eigenvalue weighted by molar-refractivity contribution is 6.32. The molecule has 0 heterocycles. The van der Waals surface area contributed by atoms with Crippen molar-refractivity contribution in [3.05, 3.63) is 34.3 Å². The van der Waals surface area contributed by atoms with Crippen LogP contribution in [-0.2, 0) is 0 Å². The minimum atomic E-state index is -0.289. The maximum absolute atomic E-state index is 11.9. The molecule has 0 radical (unpaired) electrons. The van der Waals surface area contributed by atoms with Gasteiger partial charge in [-0.15, -0.1) is 0 Å². The standard InChI is InChI=1S/C15H18ClNO2/c1-15(2,3)17-14(19)12-8-7-11(13(16)10-12)6-4-5-9-18/h7-8,10,18H,5,9H2,1-3H3,(H,17,19). The molecule has 0 saturated heterocycles. The number of rotatable bonds is 2. The van der Waals surface area contributed by atoms with E-state index in [4.69, 9.17) is 16.7 Å². The maximum atomic E-state index is 11.9. The molecule has 1 aromatic rings. The number of amides is 1. The van der Waals surface area contributed by atoms with Gasteiger partial charge in [0.25, 0.3) is 5.91 Å². The highest BCUT2D eigenvalue weighted by atomic mass is 35.5. The molecule has 0 fully saturated rings. The van der Waals surface area contributed by atoms with Gasteiger partial charge < -0.3 is 10.4 Å². The second-order valence-electron chi connectivity index (χ2n) is 5.17. The molecule has 0 saturated carbocycles. The minimum Gasteiger partial charge on any atom is -0.395 e. The van der Waals surface area contributed by atoms with Gasteiger partial charge in [-0.2, -0.15) is 0 Å². The minimum absolute atomic E-state index is 0.0245. The van der Waals surface area contributed by atoms with E-state index >= 15 is 0 Å². The van der Waals surface area contributed by atoms with E-state index in [2.05, 4.69) is 17.2 Å². The quantitative estimate of drug-likeness (QED) is 0.818. The van der Waals surface area contributed by atoms with E-state index in [9.17, 15) is 4.79 Å². The average Bonchev–Trinajstić information content (AvgIpc) is 2.29. The Kier molecular flexibility index (Phi) is 5.41. The molecule has 2 N–H and O–H groups in total. The average molecular weight is 280 g/mol. The third kappa shape index (κ3) is 5.34. The van der Waals surface area contributed by atoms with Crippen LogP contribution in [0.1, 0.15) is 43.1 Å². The van der Waals surface area contributed by atoms with Gasteiger partial charge in [0.1, 0.15) is 0 Å². The SMILES string of the molecule is CC(C)(C)NC(=O)c1ccc(C#CCCO)c(Cl)c1. The third-order valence-electron chi connectivity index (χ3n) is 2.18. The first-order valence-electron chi connectivity index (χ1n) is 6.05. The van der Waals surface area contributed by atoms with E-state index < -0.39 is 0 Å². The summed E-state index contributed by atoms with van der Waals surface area (Å²) in [6.07, 6.45) is 0.405. The Morgan fingerprint density at radius 1 is 1.42 bits per heavy atom. The van der Waals surface area contributed by atoms with Crippen LogP contribution in [0.3, 0.4) is 0 Å². The Labute approximate surface area is 119 Å². The summed E-state index contributed by atoms with van der Waals surface area (Å²) in [7, 11) is 0. The van der Waals surface area contributed by atoms with Crippen molar-refractivity contribution in [3.63, 3.8) is 0 Å². The zero-order valence-corrected chi connectivity index (χ0v) is 12.1. The first kappa shape index (κ1) is 15.6. The molecule has 0 bridgehead atoms. The van der Waals surface area contributed by atoms with Gasteiger partial charge in [-0.3, -0.25) is 4.79 Å². The van der Waals surface area contributed by atoms with Crippen molar-refractivity contribution in [3.8, 4) is 11.8 Å². The van der Waals surface area contributed by atoms with Gasteiger partial charge in [-0.1, -0.05) is 23.4 Å². The number of aliphatic hydroxyl groups excluding tert-OH is 1. The Balaban J connectivity index is 2.89. The Morgan fingerprint density at radius 3 is 2.63 bits per heavy atom. The number of carbonyl (C=O) groups excluding carboxylic acids is 1. The molecule has 0 aliphatic rings. The summed E-state index contributed by atoms with van der Waals surface area (Å²) in [6, 6.07) is 5.01. The van der Waals surface area contributed by atoms with Crippen molar-refractivity contribution in [1.82, 2.24) is 5.32 Å². The summed E-state index contributed by atoms with van der Waals surface area (Å²) in [5.41, 5.74) is 0.874. The molecule has 1 rings (SSSR count). The predicted octanol–water partition coefficient (Wildman–Crippen LogP) is 2.60. The van der Waals surface area contributed by atoms with E-state index in [1.165, 1.54) is 0 Å². The summed E-state index contributed by atoms with van der Waals surface area (Å²) >= 11 is 6.08. The lowest BCUT2D eigenvalue weighted by molar-refractivity contribution is 0.0919. The van der Waals surface area contributed by atoms with Crippen LogP contribution in [0, 0.1) is 11.8 Å². The van der Waals surface area contributed by atoms with Gasteiger partial charge in [-0.25, -0.2) is 0 Å². The van der Waals surface area contributed by atoms with Gasteiger partial charge >= 0.3 is 0 Å². The van der Waals surface area contributed by atoms with Crippen molar-refractivity contribution < 1.29 is 9.90 Å². The van der Waals surface area contributed by atoms with Gasteiger partial charge in [0.2, 0.25) is 0 Å². The van der Waals surface area contributed by atoms with Crippen molar-refractivity contribution in [1.29, 1.82) is 0 Å². The summed E-state index contributed by atoms with van der Waals surface area (Å²) in [6.45, 7) is 5.78. The van der Waals surface area contributed by atoms with Crippen LogP contribution < -0.4 is 5.32 Å². The van der Waals surface area contributed by atoms with Crippen molar-refractivity contribution in [2.45, 2.75) is 32.7 Å². The lowest BCUT2D eigenvalue weighted by Gasteiger charge is -2.20. The fourth-order valence-electron chi connectivity index (χ4n) is 1.38. The van der Waals surface area contributed by atoms with Gasteiger partial charge in [0.15, 0.2) is 0 Å². The monoisotopic (exact) mass is 279 g/mol. The van der Waals surface area contributed by atoms with E-state index in [0.717, 1.165) is 0 Å². The van der Waals surface area contributed by atoms with E-state index in [1.54, 1.807) is 18.2 Å². The van der Waals surface area contributed by atoms with Gasteiger partial charge in [0, 0.05) is 23.1 Å². The second-order valence-corrected chi connectivity index (χ2v) is 5.58. The molecule has 0 atom stereocenters. The molecule has 102 valence electrons. The third-order valence-corrected chi connectivity index (χ3v) is 2.49. The molecule has 1 amide bonds. The molecule has 1 aromatic carbocycles. The highest BCUT2D eigenvalue weighted by Gasteiger charge is 2.15. The van der Waals surface area contributed by atoms with Crippen LogP contribution in [0.4, 0.5) is 0 Å². The van der Waals surface area contributed by atoms with Gasteiger partial charge in [-0.05, 0) is 39.0 Å². The lowest BCUT2D eigenvalue weighted by atomic mass is 10.1. The number of nitrogens with one attached hydrogen (secondary N) is 1. The number of aliphatic hydroxyl groups is 1. The van der Waals surface area contributed by atoms with E-state index in [1.807, 2.05) is 20.8 Å². The van der Waals surface area contributed by atoms with Crippen LogP contribution in [-0.4, -0.2) is 23.2 Å². The first-order chi connectivity index (χ1) is 8.83. The summed E-state index contributed by atoms with van der Waals surface area (Å²) < 4.78 is 0. The molecule has 0 aromatic heterocycles. The zero-order valence-electron chi connectivity index (χ0n) is 11.4. The van der Waals surface area contributed by atoms with Gasteiger partial charge in [0.05, 0.1) is 11.6 Å². The van der Waals surface area contributed by atoms with Crippen molar-refractivity contribution in [2.24, 2.45) is 0 Å². The molecule has 0 unspecified atom stereocenters. The smallest absolute Gasteiger partial charge is 0.251 e. The Bertz CT molecular complexity index is 521. The number of hydrogen-bond donors (Lipinski definition) is 2. The number of benzene rings is 1. The van der Waals surface area contributed by atoms with Crippen LogP contribution in [0.2, 0.25) is 5.02 Å². The van der Waals surface area contributed by atoms with Crippen molar-refractivity contribution in [2.75, 3.05) is 6.61 Å².